The van der Waals surface area contributed by atoms with E-state index < -0.39 is 23.6 Å². The predicted molar refractivity (Wildman–Crippen MR) is 79.8 cm³/mol. The number of carbonyl (C=O) groups excluding carboxylic acids is 3. The minimum absolute atomic E-state index is 0.0958. The highest BCUT2D eigenvalue weighted by Crippen LogP contribution is 2.07. The maximum absolute atomic E-state index is 11.5. The Bertz CT molecular complexity index is 519. The van der Waals surface area contributed by atoms with Gasteiger partial charge in [-0.3, -0.25) is 14.9 Å². The lowest BCUT2D eigenvalue weighted by Gasteiger charge is -2.19. The van der Waals surface area contributed by atoms with Crippen molar-refractivity contribution in [3.63, 3.8) is 0 Å². The first-order valence-electron chi connectivity index (χ1n) is 6.98. The van der Waals surface area contributed by atoms with E-state index in [-0.39, 0.29) is 19.4 Å². The molecule has 0 unspecified atom stereocenters. The van der Waals surface area contributed by atoms with Crippen LogP contribution in [0.1, 0.15) is 39.2 Å². The van der Waals surface area contributed by atoms with Crippen molar-refractivity contribution in [2.75, 3.05) is 0 Å². The van der Waals surface area contributed by atoms with Crippen LogP contribution in [0.2, 0.25) is 0 Å². The van der Waals surface area contributed by atoms with Gasteiger partial charge < -0.3 is 9.47 Å². The molecule has 0 aliphatic rings. The van der Waals surface area contributed by atoms with Gasteiger partial charge in [-0.15, -0.1) is 0 Å². The number of benzene rings is 1. The topological polar surface area (TPSA) is 81.7 Å². The second kappa shape index (κ2) is 8.17. The minimum Gasteiger partial charge on any atom is -0.461 e. The summed E-state index contributed by atoms with van der Waals surface area (Å²) in [5.74, 6) is -1.07. The van der Waals surface area contributed by atoms with Gasteiger partial charge in [-0.05, 0) is 26.3 Å². The van der Waals surface area contributed by atoms with Gasteiger partial charge in [-0.2, -0.15) is 0 Å². The number of hydrogen-bond acceptors (Lipinski definition) is 5. The van der Waals surface area contributed by atoms with Crippen molar-refractivity contribution in [1.82, 2.24) is 5.32 Å². The molecule has 0 aromatic heterocycles. The molecule has 1 aromatic rings. The largest absolute Gasteiger partial charge is 0.461 e. The summed E-state index contributed by atoms with van der Waals surface area (Å²) < 4.78 is 9.96. The van der Waals surface area contributed by atoms with E-state index in [0.29, 0.717) is 0 Å². The predicted octanol–water partition coefficient (Wildman–Crippen LogP) is 2.56. The molecule has 0 aliphatic carbocycles. The number of alkyl carbamates (subject to hydrolysis) is 1. The monoisotopic (exact) mass is 307 g/mol. The smallest absolute Gasteiger partial charge is 0.414 e. The summed E-state index contributed by atoms with van der Waals surface area (Å²) in [4.78, 5) is 34.4. The molecule has 0 heterocycles. The molecule has 0 saturated heterocycles. The van der Waals surface area contributed by atoms with Crippen molar-refractivity contribution < 1.29 is 23.9 Å². The Morgan fingerprint density at radius 2 is 1.68 bits per heavy atom. The highest BCUT2D eigenvalue weighted by Gasteiger charge is 2.18. The highest BCUT2D eigenvalue weighted by molar-refractivity contribution is 5.93. The van der Waals surface area contributed by atoms with E-state index in [0.717, 1.165) is 5.56 Å². The highest BCUT2D eigenvalue weighted by atomic mass is 16.6. The molecular weight excluding hydrogens is 286 g/mol. The van der Waals surface area contributed by atoms with E-state index in [1.165, 1.54) is 0 Å². The van der Waals surface area contributed by atoms with Gasteiger partial charge in [0.25, 0.3) is 0 Å². The van der Waals surface area contributed by atoms with Crippen LogP contribution in [0.3, 0.4) is 0 Å². The van der Waals surface area contributed by atoms with Crippen LogP contribution in [0.4, 0.5) is 4.79 Å². The van der Waals surface area contributed by atoms with Gasteiger partial charge in [0.1, 0.15) is 12.2 Å². The molecule has 22 heavy (non-hydrogen) atoms. The van der Waals surface area contributed by atoms with E-state index in [1.54, 1.807) is 20.8 Å². The summed E-state index contributed by atoms with van der Waals surface area (Å²) in [7, 11) is 0. The van der Waals surface area contributed by atoms with Crippen LogP contribution >= 0.6 is 0 Å². The lowest BCUT2D eigenvalue weighted by atomic mass is 10.2. The zero-order valence-corrected chi connectivity index (χ0v) is 13.0. The van der Waals surface area contributed by atoms with E-state index in [2.05, 4.69) is 5.32 Å². The Labute approximate surface area is 129 Å². The first-order chi connectivity index (χ1) is 10.3. The summed E-state index contributed by atoms with van der Waals surface area (Å²) in [6, 6.07) is 9.23. The second-order valence-electron chi connectivity index (χ2n) is 5.70. The van der Waals surface area contributed by atoms with E-state index in [9.17, 15) is 14.4 Å². The number of nitrogens with one attached hydrogen (secondary N) is 1. The Hall–Kier alpha value is -2.37. The fourth-order valence-electron chi connectivity index (χ4n) is 1.51. The number of esters is 1. The minimum atomic E-state index is -0.824. The lowest BCUT2D eigenvalue weighted by molar-refractivity contribution is -0.146. The Morgan fingerprint density at radius 1 is 1.05 bits per heavy atom. The summed E-state index contributed by atoms with van der Waals surface area (Å²) in [5, 5.41) is 2.06. The molecule has 0 saturated carbocycles. The zero-order chi connectivity index (χ0) is 16.6. The van der Waals surface area contributed by atoms with Crippen molar-refractivity contribution in [2.45, 2.75) is 45.8 Å². The normalized spacial score (nSPS) is 10.7. The van der Waals surface area contributed by atoms with Crippen LogP contribution in [0.5, 0.6) is 0 Å². The molecule has 6 heteroatoms. The average Bonchev–Trinajstić information content (AvgIpc) is 2.42. The quantitative estimate of drug-likeness (QED) is 0.845. The molecular formula is C16H21NO5. The van der Waals surface area contributed by atoms with Gasteiger partial charge >= 0.3 is 12.1 Å². The SMILES string of the molecule is CC(C)(C)OC(=O)NC(=O)CCC(=O)OCc1ccccc1. The number of amides is 2. The van der Waals surface area contributed by atoms with E-state index in [4.69, 9.17) is 9.47 Å². The van der Waals surface area contributed by atoms with Gasteiger partial charge in [0.2, 0.25) is 5.91 Å². The van der Waals surface area contributed by atoms with Gasteiger partial charge in [0.15, 0.2) is 0 Å². The van der Waals surface area contributed by atoms with Gasteiger partial charge in [-0.1, -0.05) is 30.3 Å². The molecule has 6 nitrogen and oxygen atoms in total. The van der Waals surface area contributed by atoms with Crippen LogP contribution in [0.25, 0.3) is 0 Å². The summed E-state index contributed by atoms with van der Waals surface area (Å²) >= 11 is 0. The Balaban J connectivity index is 2.23. The fourth-order valence-corrected chi connectivity index (χ4v) is 1.51. The second-order valence-corrected chi connectivity index (χ2v) is 5.70. The number of imide groups is 1. The van der Waals surface area contributed by atoms with Gasteiger partial charge in [0, 0.05) is 6.42 Å². The van der Waals surface area contributed by atoms with Crippen molar-refractivity contribution in [1.29, 1.82) is 0 Å². The van der Waals surface area contributed by atoms with Crippen molar-refractivity contribution >= 4 is 18.0 Å². The zero-order valence-electron chi connectivity index (χ0n) is 13.0. The average molecular weight is 307 g/mol. The number of hydrogen-bond donors (Lipinski definition) is 1. The number of ether oxygens (including phenoxy) is 2. The summed E-state index contributed by atoms with van der Waals surface area (Å²) in [5.41, 5.74) is 0.188. The van der Waals surface area contributed by atoms with Crippen molar-refractivity contribution in [3.05, 3.63) is 35.9 Å². The molecule has 1 N–H and O–H groups in total. The van der Waals surface area contributed by atoms with Crippen molar-refractivity contribution in [2.24, 2.45) is 0 Å². The molecule has 1 rings (SSSR count). The summed E-state index contributed by atoms with van der Waals surface area (Å²) in [6.07, 6.45) is -1.05. The fraction of sp³-hybridized carbons (Fsp3) is 0.438. The maximum Gasteiger partial charge on any atom is 0.414 e. The van der Waals surface area contributed by atoms with Crippen LogP contribution in [-0.2, 0) is 25.7 Å². The van der Waals surface area contributed by atoms with E-state index in [1.807, 2.05) is 30.3 Å². The van der Waals surface area contributed by atoms with Gasteiger partial charge in [0.05, 0.1) is 6.42 Å². The third-order valence-corrected chi connectivity index (χ3v) is 2.44. The van der Waals surface area contributed by atoms with Crippen molar-refractivity contribution in [3.8, 4) is 0 Å². The Morgan fingerprint density at radius 3 is 2.27 bits per heavy atom. The van der Waals surface area contributed by atoms with Gasteiger partial charge in [-0.25, -0.2) is 4.79 Å². The summed E-state index contributed by atoms with van der Waals surface area (Å²) in [6.45, 7) is 5.24. The molecule has 0 radical (unpaired) electrons. The molecule has 2 amide bonds. The molecule has 0 aliphatic heterocycles. The molecule has 1 aromatic carbocycles. The van der Waals surface area contributed by atoms with Crippen LogP contribution in [0, 0.1) is 0 Å². The molecule has 0 spiro atoms. The lowest BCUT2D eigenvalue weighted by Crippen LogP contribution is -2.36. The third-order valence-electron chi connectivity index (χ3n) is 2.44. The first kappa shape index (κ1) is 17.7. The molecule has 0 bridgehead atoms. The molecule has 120 valence electrons. The number of carbonyl (C=O) groups is 3. The van der Waals surface area contributed by atoms with E-state index >= 15 is 0 Å². The molecule has 0 fully saturated rings. The molecule has 0 atom stereocenters. The van der Waals surface area contributed by atoms with Crippen LogP contribution in [0.15, 0.2) is 30.3 Å². The maximum atomic E-state index is 11.5. The first-order valence-corrected chi connectivity index (χ1v) is 6.98. The number of rotatable bonds is 5. The Kier molecular flexibility index (Phi) is 6.56. The van der Waals surface area contributed by atoms with Crippen LogP contribution < -0.4 is 5.32 Å². The standard InChI is InChI=1S/C16H21NO5/c1-16(2,3)22-15(20)17-13(18)9-10-14(19)21-11-12-7-5-4-6-8-12/h4-8H,9-11H2,1-3H3,(H,17,18,20). The third kappa shape index (κ3) is 8.04. The van der Waals surface area contributed by atoms with Crippen LogP contribution in [-0.4, -0.2) is 23.6 Å².